The van der Waals surface area contributed by atoms with Crippen LogP contribution in [-0.2, 0) is 6.42 Å². The lowest BCUT2D eigenvalue weighted by molar-refractivity contribution is 0.437. The topological polar surface area (TPSA) is 12.0 Å². The van der Waals surface area contributed by atoms with Gasteiger partial charge in [0.25, 0.3) is 0 Å². The zero-order chi connectivity index (χ0) is 12.3. The van der Waals surface area contributed by atoms with Gasteiger partial charge in [-0.1, -0.05) is 54.6 Å². The predicted octanol–water partition coefficient (Wildman–Crippen LogP) is 3.75. The van der Waals surface area contributed by atoms with Gasteiger partial charge in [-0.25, -0.2) is 0 Å². The second-order valence-electron chi connectivity index (χ2n) is 4.96. The maximum atomic E-state index is 3.72. The van der Waals surface area contributed by atoms with Crippen LogP contribution in [0.1, 0.15) is 19.4 Å². The van der Waals surface area contributed by atoms with E-state index >= 15 is 0 Å². The lowest BCUT2D eigenvalue weighted by atomic mass is 10.1. The molecule has 1 N–H and O–H groups in total. The minimum absolute atomic E-state index is 0.653. The fraction of sp³-hybridized carbons (Fsp3) is 0.571. The van der Waals surface area contributed by atoms with E-state index in [0.29, 0.717) is 6.04 Å². The number of fused-ring (bicyclic) bond motifs is 1. The Balaban J connectivity index is 1.84. The molecule has 0 radical (unpaired) electrons. The highest BCUT2D eigenvalue weighted by molar-refractivity contribution is 14.1. The normalized spacial score (nSPS) is 20.6. The molecule has 1 aliphatic rings. The van der Waals surface area contributed by atoms with Crippen LogP contribution in [0.2, 0.25) is 0 Å². The van der Waals surface area contributed by atoms with Gasteiger partial charge in [-0.05, 0) is 24.0 Å². The first-order valence-electron chi connectivity index (χ1n) is 6.24. The molecule has 2 rings (SSSR count). The molecule has 3 heteroatoms. The van der Waals surface area contributed by atoms with Crippen LogP contribution in [0, 0.1) is 5.92 Å². The first-order chi connectivity index (χ1) is 8.20. The number of thioether (sulfide) groups is 1. The van der Waals surface area contributed by atoms with Crippen molar-refractivity contribution in [3.05, 3.63) is 29.8 Å². The highest BCUT2D eigenvalue weighted by Gasteiger charge is 2.22. The van der Waals surface area contributed by atoms with Crippen LogP contribution in [0.25, 0.3) is 0 Å². The van der Waals surface area contributed by atoms with E-state index in [2.05, 4.69) is 66.0 Å². The van der Waals surface area contributed by atoms with Gasteiger partial charge in [0.15, 0.2) is 0 Å². The molecule has 0 aliphatic carbocycles. The Morgan fingerprint density at radius 1 is 1.41 bits per heavy atom. The van der Waals surface area contributed by atoms with Gasteiger partial charge >= 0.3 is 0 Å². The van der Waals surface area contributed by atoms with Crippen molar-refractivity contribution in [1.82, 2.24) is 5.32 Å². The number of hydrogen-bond donors (Lipinski definition) is 1. The number of rotatable bonds is 5. The predicted molar refractivity (Wildman–Crippen MR) is 85.3 cm³/mol. The molecule has 0 fully saturated rings. The minimum Gasteiger partial charge on any atom is -0.312 e. The lowest BCUT2D eigenvalue weighted by Gasteiger charge is -2.21. The Morgan fingerprint density at radius 3 is 2.82 bits per heavy atom. The van der Waals surface area contributed by atoms with Crippen molar-refractivity contribution >= 4 is 34.4 Å². The molecule has 94 valence electrons. The van der Waals surface area contributed by atoms with Crippen molar-refractivity contribution in [2.75, 3.05) is 11.0 Å². The molecular weight excluding hydrogens is 341 g/mol. The third kappa shape index (κ3) is 3.61. The van der Waals surface area contributed by atoms with Crippen molar-refractivity contribution < 1.29 is 0 Å². The maximum absolute atomic E-state index is 3.72. The number of nitrogens with one attached hydrogen (secondary N) is 1. The summed E-state index contributed by atoms with van der Waals surface area (Å²) >= 11 is 4.52. The zero-order valence-electron chi connectivity index (χ0n) is 10.4. The maximum Gasteiger partial charge on any atom is 0.0260 e. The second-order valence-corrected chi connectivity index (χ2v) is 7.19. The van der Waals surface area contributed by atoms with E-state index in [1.54, 1.807) is 0 Å². The smallest absolute Gasteiger partial charge is 0.0260 e. The second kappa shape index (κ2) is 6.43. The van der Waals surface area contributed by atoms with Crippen molar-refractivity contribution in [3.63, 3.8) is 0 Å². The van der Waals surface area contributed by atoms with E-state index in [4.69, 9.17) is 0 Å². The Hall–Kier alpha value is 0.260. The van der Waals surface area contributed by atoms with Crippen LogP contribution < -0.4 is 5.32 Å². The minimum atomic E-state index is 0.653. The van der Waals surface area contributed by atoms with Crippen molar-refractivity contribution in [2.45, 2.75) is 36.5 Å². The number of benzene rings is 1. The zero-order valence-corrected chi connectivity index (χ0v) is 13.4. The standard InChI is InChI=1S/C14H20INS/c1-10(2)13(8-15)16-9-12-7-11-5-3-4-6-14(11)17-12/h3-6,10,12-13,16H,7-9H2,1-2H3. The van der Waals surface area contributed by atoms with Gasteiger partial charge in [-0.2, -0.15) is 0 Å². The molecule has 0 spiro atoms. The summed E-state index contributed by atoms with van der Waals surface area (Å²) < 4.78 is 1.19. The molecule has 1 aromatic carbocycles. The largest absolute Gasteiger partial charge is 0.312 e. The van der Waals surface area contributed by atoms with E-state index in [0.717, 1.165) is 17.7 Å². The summed E-state index contributed by atoms with van der Waals surface area (Å²) in [5, 5.41) is 4.44. The average molecular weight is 361 g/mol. The first-order valence-corrected chi connectivity index (χ1v) is 8.65. The molecule has 1 aromatic rings. The van der Waals surface area contributed by atoms with Crippen molar-refractivity contribution in [2.24, 2.45) is 5.92 Å². The molecule has 0 bridgehead atoms. The highest BCUT2D eigenvalue weighted by Crippen LogP contribution is 2.36. The average Bonchev–Trinajstić information content (AvgIpc) is 2.71. The summed E-state index contributed by atoms with van der Waals surface area (Å²) in [6.45, 7) is 5.73. The molecular formula is C14H20INS. The molecule has 1 aliphatic heterocycles. The monoisotopic (exact) mass is 361 g/mol. The summed E-state index contributed by atoms with van der Waals surface area (Å²) in [6, 6.07) is 9.46. The van der Waals surface area contributed by atoms with Crippen LogP contribution in [0.5, 0.6) is 0 Å². The molecule has 0 aromatic heterocycles. The first kappa shape index (κ1) is 13.7. The molecule has 17 heavy (non-hydrogen) atoms. The summed E-state index contributed by atoms with van der Waals surface area (Å²) in [6.07, 6.45) is 1.22. The summed E-state index contributed by atoms with van der Waals surface area (Å²) in [4.78, 5) is 1.48. The van der Waals surface area contributed by atoms with Gasteiger partial charge in [0.05, 0.1) is 0 Å². The molecule has 1 nitrogen and oxygen atoms in total. The van der Waals surface area contributed by atoms with E-state index in [9.17, 15) is 0 Å². The van der Waals surface area contributed by atoms with Crippen molar-refractivity contribution in [3.8, 4) is 0 Å². The molecule has 0 saturated carbocycles. The fourth-order valence-electron chi connectivity index (χ4n) is 2.12. The summed E-state index contributed by atoms with van der Waals surface area (Å²) in [7, 11) is 0. The van der Waals surface area contributed by atoms with Gasteiger partial charge < -0.3 is 5.32 Å². The fourth-order valence-corrected chi connectivity index (χ4v) is 4.71. The number of halogens is 1. The van der Waals surface area contributed by atoms with Gasteiger partial charge in [0.1, 0.15) is 0 Å². The van der Waals surface area contributed by atoms with Gasteiger partial charge in [0, 0.05) is 27.2 Å². The molecule has 0 amide bonds. The van der Waals surface area contributed by atoms with E-state index in [-0.39, 0.29) is 0 Å². The molecule has 2 unspecified atom stereocenters. The summed E-state index contributed by atoms with van der Waals surface area (Å²) in [5.74, 6) is 0.723. The lowest BCUT2D eigenvalue weighted by Crippen LogP contribution is -2.39. The Morgan fingerprint density at radius 2 is 2.18 bits per heavy atom. The van der Waals surface area contributed by atoms with E-state index in [1.165, 1.54) is 21.3 Å². The van der Waals surface area contributed by atoms with Crippen LogP contribution in [0.3, 0.4) is 0 Å². The Labute approximate surface area is 122 Å². The quantitative estimate of drug-likeness (QED) is 0.633. The van der Waals surface area contributed by atoms with Gasteiger partial charge in [0.2, 0.25) is 0 Å². The SMILES string of the molecule is CC(C)C(CI)NCC1Cc2ccccc2S1. The Kier molecular flexibility index (Phi) is 5.18. The van der Waals surface area contributed by atoms with Crippen LogP contribution >= 0.6 is 34.4 Å². The van der Waals surface area contributed by atoms with Crippen molar-refractivity contribution in [1.29, 1.82) is 0 Å². The highest BCUT2D eigenvalue weighted by atomic mass is 127. The Bertz CT molecular complexity index is 342. The number of alkyl halides is 1. The van der Waals surface area contributed by atoms with Crippen LogP contribution in [0.4, 0.5) is 0 Å². The number of hydrogen-bond acceptors (Lipinski definition) is 2. The van der Waals surface area contributed by atoms with E-state index < -0.39 is 0 Å². The molecule has 1 heterocycles. The van der Waals surface area contributed by atoms with Crippen LogP contribution in [-0.4, -0.2) is 22.3 Å². The van der Waals surface area contributed by atoms with E-state index in [1.807, 2.05) is 11.8 Å². The van der Waals surface area contributed by atoms with Gasteiger partial charge in [-0.3, -0.25) is 0 Å². The van der Waals surface area contributed by atoms with Crippen LogP contribution in [0.15, 0.2) is 29.2 Å². The molecule has 2 atom stereocenters. The summed E-state index contributed by atoms with van der Waals surface area (Å²) in [5.41, 5.74) is 1.53. The van der Waals surface area contributed by atoms with Gasteiger partial charge in [-0.15, -0.1) is 11.8 Å². The molecule has 0 saturated heterocycles. The third-order valence-electron chi connectivity index (χ3n) is 3.29. The third-order valence-corrected chi connectivity index (χ3v) is 5.56.